The molecule has 1 heterocycles. The molecule has 0 saturated heterocycles. The number of rotatable bonds is 4. The molecule has 3 aromatic carbocycles. The van der Waals surface area contributed by atoms with E-state index in [2.05, 4.69) is 20.5 Å². The van der Waals surface area contributed by atoms with Crippen molar-refractivity contribution >= 4 is 16.7 Å². The van der Waals surface area contributed by atoms with E-state index in [1.165, 1.54) is 12.1 Å². The second-order valence-electron chi connectivity index (χ2n) is 5.69. The molecule has 0 amide bonds. The molecule has 0 aliphatic heterocycles. The van der Waals surface area contributed by atoms with Crippen molar-refractivity contribution < 1.29 is 4.39 Å². The number of fused-ring (bicyclic) bond motifs is 1. The molecule has 25 heavy (non-hydrogen) atoms. The Labute approximate surface area is 144 Å². The monoisotopic (exact) mass is 330 g/mol. The van der Waals surface area contributed by atoms with Crippen LogP contribution >= 0.6 is 0 Å². The zero-order valence-electron chi connectivity index (χ0n) is 13.4. The lowest BCUT2D eigenvalue weighted by atomic mass is 10.2. The van der Waals surface area contributed by atoms with E-state index in [-0.39, 0.29) is 5.82 Å². The predicted octanol–water partition coefficient (Wildman–Crippen LogP) is 4.44. The van der Waals surface area contributed by atoms with Gasteiger partial charge in [-0.1, -0.05) is 42.5 Å². The Kier molecular flexibility index (Phi) is 4.04. The summed E-state index contributed by atoms with van der Waals surface area (Å²) in [4.78, 5) is 4.60. The lowest BCUT2D eigenvalue weighted by molar-refractivity contribution is 0.626. The van der Waals surface area contributed by atoms with E-state index in [1.807, 2.05) is 54.6 Å². The molecular formula is C20H15FN4. The van der Waals surface area contributed by atoms with E-state index in [0.717, 1.165) is 27.8 Å². The molecule has 4 nitrogen and oxygen atoms in total. The van der Waals surface area contributed by atoms with Crippen LogP contribution in [0.3, 0.4) is 0 Å². The number of halogens is 1. The van der Waals surface area contributed by atoms with Gasteiger partial charge in [0, 0.05) is 17.8 Å². The van der Waals surface area contributed by atoms with Crippen LogP contribution in [-0.4, -0.2) is 15.2 Å². The lowest BCUT2D eigenvalue weighted by Gasteiger charge is -2.08. The highest BCUT2D eigenvalue weighted by atomic mass is 19.1. The third-order valence-electron chi connectivity index (χ3n) is 3.87. The molecule has 0 atom stereocenters. The number of anilines is 1. The minimum Gasteiger partial charge on any atom is -0.381 e. The molecule has 5 heteroatoms. The second kappa shape index (κ2) is 6.65. The minimum atomic E-state index is -0.234. The molecule has 0 bridgehead atoms. The fourth-order valence-corrected chi connectivity index (χ4v) is 2.61. The summed E-state index contributed by atoms with van der Waals surface area (Å²) in [6, 6.07) is 22.0. The molecular weight excluding hydrogens is 315 g/mol. The third-order valence-corrected chi connectivity index (χ3v) is 3.87. The van der Waals surface area contributed by atoms with Crippen LogP contribution in [0, 0.1) is 5.82 Å². The highest BCUT2D eigenvalue weighted by molar-refractivity contribution is 5.79. The molecule has 4 aromatic rings. The topological polar surface area (TPSA) is 50.7 Å². The van der Waals surface area contributed by atoms with Gasteiger partial charge < -0.3 is 5.32 Å². The van der Waals surface area contributed by atoms with Gasteiger partial charge in [0.25, 0.3) is 0 Å². The van der Waals surface area contributed by atoms with Crippen molar-refractivity contribution in [2.75, 3.05) is 5.32 Å². The number of benzene rings is 3. The summed E-state index contributed by atoms with van der Waals surface area (Å²) in [5.41, 5.74) is 4.20. The number of nitrogens with zero attached hydrogens (tertiary/aromatic N) is 3. The first-order valence-electron chi connectivity index (χ1n) is 7.96. The second-order valence-corrected chi connectivity index (χ2v) is 5.69. The van der Waals surface area contributed by atoms with Crippen molar-refractivity contribution in [2.45, 2.75) is 6.54 Å². The van der Waals surface area contributed by atoms with E-state index in [4.69, 9.17) is 0 Å². The summed E-state index contributed by atoms with van der Waals surface area (Å²) in [7, 11) is 0. The van der Waals surface area contributed by atoms with Gasteiger partial charge in [-0.2, -0.15) is 0 Å². The first kappa shape index (κ1) is 15.2. The first-order chi connectivity index (χ1) is 12.3. The van der Waals surface area contributed by atoms with Crippen molar-refractivity contribution in [1.82, 2.24) is 15.2 Å². The summed E-state index contributed by atoms with van der Waals surface area (Å²) >= 11 is 0. The van der Waals surface area contributed by atoms with Crippen molar-refractivity contribution in [3.8, 4) is 11.4 Å². The molecule has 0 unspecified atom stereocenters. The van der Waals surface area contributed by atoms with Gasteiger partial charge in [0.2, 0.25) is 0 Å². The molecule has 0 aliphatic rings. The van der Waals surface area contributed by atoms with Crippen LogP contribution in [0.4, 0.5) is 10.1 Å². The zero-order valence-corrected chi connectivity index (χ0v) is 13.4. The maximum atomic E-state index is 13.3. The van der Waals surface area contributed by atoms with E-state index >= 15 is 0 Å². The summed E-state index contributed by atoms with van der Waals surface area (Å²) in [5.74, 6) is 0.359. The van der Waals surface area contributed by atoms with Gasteiger partial charge in [-0.25, -0.2) is 9.37 Å². The van der Waals surface area contributed by atoms with E-state index < -0.39 is 0 Å². The summed E-state index contributed by atoms with van der Waals surface area (Å²) in [6.45, 7) is 0.535. The van der Waals surface area contributed by atoms with Gasteiger partial charge >= 0.3 is 0 Å². The Hall–Kier alpha value is -3.34. The van der Waals surface area contributed by atoms with Crippen molar-refractivity contribution in [3.63, 3.8) is 0 Å². The van der Waals surface area contributed by atoms with E-state index in [9.17, 15) is 4.39 Å². The highest BCUT2D eigenvalue weighted by Crippen LogP contribution is 2.20. The molecule has 1 aromatic heterocycles. The van der Waals surface area contributed by atoms with Gasteiger partial charge in [0.05, 0.1) is 5.52 Å². The van der Waals surface area contributed by atoms with Crippen LogP contribution in [0.5, 0.6) is 0 Å². The predicted molar refractivity (Wildman–Crippen MR) is 96.5 cm³/mol. The molecule has 0 saturated carbocycles. The highest BCUT2D eigenvalue weighted by Gasteiger charge is 2.05. The number of hydrogen-bond acceptors (Lipinski definition) is 4. The fourth-order valence-electron chi connectivity index (χ4n) is 2.61. The van der Waals surface area contributed by atoms with Gasteiger partial charge in [0.1, 0.15) is 11.3 Å². The molecule has 0 radical (unpaired) electrons. The maximum absolute atomic E-state index is 13.3. The molecule has 0 aliphatic carbocycles. The van der Waals surface area contributed by atoms with Crippen LogP contribution in [-0.2, 0) is 6.54 Å². The normalized spacial score (nSPS) is 10.8. The quantitative estimate of drug-likeness (QED) is 0.601. The van der Waals surface area contributed by atoms with Gasteiger partial charge in [0.15, 0.2) is 5.82 Å². The first-order valence-corrected chi connectivity index (χ1v) is 7.96. The Morgan fingerprint density at radius 2 is 1.68 bits per heavy atom. The van der Waals surface area contributed by atoms with Crippen LogP contribution in [0.15, 0.2) is 72.8 Å². The van der Waals surface area contributed by atoms with Crippen LogP contribution in [0.25, 0.3) is 22.4 Å². The standard InChI is InChI=1S/C20H15FN4/c21-16-8-4-5-14(11-16)13-22-17-9-10-18-19(12-17)23-20(25-24-18)15-6-2-1-3-7-15/h1-12,22H,13H2. The lowest BCUT2D eigenvalue weighted by Crippen LogP contribution is -2.00. The van der Waals surface area contributed by atoms with Crippen molar-refractivity contribution in [3.05, 3.63) is 84.2 Å². The summed E-state index contributed by atoms with van der Waals surface area (Å²) in [5, 5.41) is 11.7. The van der Waals surface area contributed by atoms with Crippen molar-refractivity contribution in [2.24, 2.45) is 0 Å². The Morgan fingerprint density at radius 1 is 0.800 bits per heavy atom. The SMILES string of the molecule is Fc1cccc(CNc2ccc3nnc(-c4ccccc4)nc3c2)c1. The van der Waals surface area contributed by atoms with Gasteiger partial charge in [-0.05, 0) is 35.9 Å². The van der Waals surface area contributed by atoms with Crippen LogP contribution in [0.1, 0.15) is 5.56 Å². The van der Waals surface area contributed by atoms with Gasteiger partial charge in [-0.3, -0.25) is 0 Å². The largest absolute Gasteiger partial charge is 0.381 e. The van der Waals surface area contributed by atoms with E-state index in [0.29, 0.717) is 12.4 Å². The summed E-state index contributed by atoms with van der Waals surface area (Å²) < 4.78 is 13.3. The Bertz CT molecular complexity index is 1020. The number of aromatic nitrogens is 3. The maximum Gasteiger partial charge on any atom is 0.182 e. The third kappa shape index (κ3) is 3.45. The van der Waals surface area contributed by atoms with E-state index in [1.54, 1.807) is 6.07 Å². The molecule has 1 N–H and O–H groups in total. The molecule has 0 spiro atoms. The Morgan fingerprint density at radius 3 is 2.52 bits per heavy atom. The average Bonchev–Trinajstić information content (AvgIpc) is 2.66. The summed E-state index contributed by atoms with van der Waals surface area (Å²) in [6.07, 6.45) is 0. The smallest absolute Gasteiger partial charge is 0.182 e. The van der Waals surface area contributed by atoms with Crippen molar-refractivity contribution in [1.29, 1.82) is 0 Å². The molecule has 0 fully saturated rings. The molecule has 122 valence electrons. The van der Waals surface area contributed by atoms with Crippen LogP contribution in [0.2, 0.25) is 0 Å². The zero-order chi connectivity index (χ0) is 17.1. The van der Waals surface area contributed by atoms with Gasteiger partial charge in [-0.15, -0.1) is 10.2 Å². The number of hydrogen-bond donors (Lipinski definition) is 1. The Balaban J connectivity index is 1.60. The average molecular weight is 330 g/mol. The minimum absolute atomic E-state index is 0.234. The fraction of sp³-hybridized carbons (Fsp3) is 0.0500. The molecule has 4 rings (SSSR count). The number of nitrogens with one attached hydrogen (secondary N) is 1. The van der Waals surface area contributed by atoms with Crippen LogP contribution < -0.4 is 5.32 Å².